The summed E-state index contributed by atoms with van der Waals surface area (Å²) in [4.78, 5) is 22.8. The molecular weight excluding hydrogens is 196 g/mol. The molecule has 1 aliphatic carbocycles. The van der Waals surface area contributed by atoms with Crippen molar-refractivity contribution in [2.24, 2.45) is 16.7 Å². The Morgan fingerprint density at radius 2 is 1.87 bits per heavy atom. The minimum Gasteiger partial charge on any atom is -0.481 e. The van der Waals surface area contributed by atoms with Crippen molar-refractivity contribution in [3.05, 3.63) is 0 Å². The van der Waals surface area contributed by atoms with Gasteiger partial charge in [0.15, 0.2) is 0 Å². The Hall–Kier alpha value is -1.06. The van der Waals surface area contributed by atoms with Crippen molar-refractivity contribution in [1.29, 1.82) is 0 Å². The highest BCUT2D eigenvalue weighted by molar-refractivity contribution is 5.81. The summed E-state index contributed by atoms with van der Waals surface area (Å²) in [5, 5.41) is 9.08. The lowest BCUT2D eigenvalue weighted by atomic mass is 9.66. The quantitative estimate of drug-likeness (QED) is 0.710. The van der Waals surface area contributed by atoms with Crippen LogP contribution in [0.15, 0.2) is 0 Å². The summed E-state index contributed by atoms with van der Waals surface area (Å²) in [6, 6.07) is 0. The molecule has 4 nitrogen and oxygen atoms in total. The van der Waals surface area contributed by atoms with Crippen molar-refractivity contribution < 1.29 is 19.4 Å². The molecule has 15 heavy (non-hydrogen) atoms. The minimum absolute atomic E-state index is 0.309. The molecule has 2 atom stereocenters. The van der Waals surface area contributed by atoms with Crippen molar-refractivity contribution >= 4 is 11.9 Å². The third-order valence-electron chi connectivity index (χ3n) is 4.16. The van der Waals surface area contributed by atoms with Crippen LogP contribution >= 0.6 is 0 Å². The number of hydrogen-bond acceptors (Lipinski definition) is 3. The smallest absolute Gasteiger partial charge is 0.312 e. The Morgan fingerprint density at radius 1 is 1.33 bits per heavy atom. The summed E-state index contributed by atoms with van der Waals surface area (Å²) < 4.78 is 4.77. The largest absolute Gasteiger partial charge is 0.481 e. The van der Waals surface area contributed by atoms with Gasteiger partial charge in [-0.3, -0.25) is 9.59 Å². The van der Waals surface area contributed by atoms with Gasteiger partial charge < -0.3 is 9.84 Å². The Morgan fingerprint density at radius 3 is 2.20 bits per heavy atom. The molecule has 1 fully saturated rings. The Kier molecular flexibility index (Phi) is 2.81. The predicted octanol–water partition coefficient (Wildman–Crippen LogP) is 1.69. The van der Waals surface area contributed by atoms with Gasteiger partial charge in [0.25, 0.3) is 0 Å². The summed E-state index contributed by atoms with van der Waals surface area (Å²) in [7, 11) is 1.34. The first-order valence-electron chi connectivity index (χ1n) is 5.08. The molecule has 1 rings (SSSR count). The van der Waals surface area contributed by atoms with Gasteiger partial charge in [-0.05, 0) is 25.2 Å². The van der Waals surface area contributed by atoms with E-state index in [-0.39, 0.29) is 5.97 Å². The van der Waals surface area contributed by atoms with E-state index >= 15 is 0 Å². The maximum atomic E-state index is 11.7. The van der Waals surface area contributed by atoms with Gasteiger partial charge in [0.2, 0.25) is 0 Å². The molecule has 0 unspecified atom stereocenters. The van der Waals surface area contributed by atoms with Gasteiger partial charge in [-0.1, -0.05) is 13.8 Å². The zero-order valence-electron chi connectivity index (χ0n) is 9.66. The van der Waals surface area contributed by atoms with Crippen LogP contribution < -0.4 is 0 Å². The average molecular weight is 214 g/mol. The van der Waals surface area contributed by atoms with E-state index in [4.69, 9.17) is 9.84 Å². The van der Waals surface area contributed by atoms with E-state index in [1.807, 2.05) is 13.8 Å². The summed E-state index contributed by atoms with van der Waals surface area (Å²) in [6.45, 7) is 5.45. The predicted molar refractivity (Wildman–Crippen MR) is 54.3 cm³/mol. The zero-order valence-corrected chi connectivity index (χ0v) is 9.66. The van der Waals surface area contributed by atoms with E-state index in [0.29, 0.717) is 12.8 Å². The molecule has 1 N–H and O–H groups in total. The zero-order chi connectivity index (χ0) is 11.9. The van der Waals surface area contributed by atoms with Gasteiger partial charge in [0.05, 0.1) is 18.4 Å². The number of carboxylic acids is 1. The molecule has 0 aromatic heterocycles. The number of esters is 1. The van der Waals surface area contributed by atoms with Crippen LogP contribution in [-0.2, 0) is 14.3 Å². The van der Waals surface area contributed by atoms with E-state index in [0.717, 1.165) is 0 Å². The van der Waals surface area contributed by atoms with Crippen LogP contribution in [0.3, 0.4) is 0 Å². The molecule has 0 spiro atoms. The van der Waals surface area contributed by atoms with E-state index in [9.17, 15) is 9.59 Å². The van der Waals surface area contributed by atoms with Crippen LogP contribution in [0.1, 0.15) is 33.6 Å². The lowest BCUT2D eigenvalue weighted by Gasteiger charge is -2.37. The number of hydrogen-bond donors (Lipinski definition) is 1. The fourth-order valence-corrected chi connectivity index (χ4v) is 2.52. The maximum Gasteiger partial charge on any atom is 0.312 e. The number of rotatable bonds is 2. The summed E-state index contributed by atoms with van der Waals surface area (Å²) in [6.07, 6.45) is 1.11. The van der Waals surface area contributed by atoms with Crippen LogP contribution in [-0.4, -0.2) is 24.2 Å². The molecule has 0 bridgehead atoms. The van der Waals surface area contributed by atoms with Crippen LogP contribution in [0.2, 0.25) is 0 Å². The standard InChI is InChI=1S/C11H18O4/c1-10(2)7(8(12)13)5-6-11(10,3)9(14)15-4/h7H,5-6H2,1-4H3,(H,12,13)/t7-,11-/m1/s1. The topological polar surface area (TPSA) is 63.6 Å². The van der Waals surface area contributed by atoms with Gasteiger partial charge in [0.1, 0.15) is 0 Å². The number of carboxylic acid groups (broad SMARTS) is 1. The van der Waals surface area contributed by atoms with E-state index in [1.54, 1.807) is 6.92 Å². The Balaban J connectivity index is 3.06. The summed E-state index contributed by atoms with van der Waals surface area (Å²) >= 11 is 0. The lowest BCUT2D eigenvalue weighted by Crippen LogP contribution is -2.43. The molecule has 0 saturated heterocycles. The average Bonchev–Trinajstić information content (AvgIpc) is 2.38. The molecule has 0 aliphatic heterocycles. The highest BCUT2D eigenvalue weighted by Crippen LogP contribution is 2.56. The third-order valence-corrected chi connectivity index (χ3v) is 4.16. The molecule has 0 aromatic carbocycles. The van der Waals surface area contributed by atoms with Crippen molar-refractivity contribution in [1.82, 2.24) is 0 Å². The second kappa shape index (κ2) is 3.51. The Bertz CT molecular complexity index is 295. The third kappa shape index (κ3) is 1.52. The van der Waals surface area contributed by atoms with Gasteiger partial charge in [-0.25, -0.2) is 0 Å². The van der Waals surface area contributed by atoms with Crippen LogP contribution in [0.4, 0.5) is 0 Å². The maximum absolute atomic E-state index is 11.7. The first kappa shape index (κ1) is 12.0. The molecule has 0 heterocycles. The van der Waals surface area contributed by atoms with Crippen LogP contribution in [0.25, 0.3) is 0 Å². The monoisotopic (exact) mass is 214 g/mol. The van der Waals surface area contributed by atoms with E-state index in [2.05, 4.69) is 0 Å². The fourth-order valence-electron chi connectivity index (χ4n) is 2.52. The van der Waals surface area contributed by atoms with Crippen molar-refractivity contribution in [2.75, 3.05) is 7.11 Å². The normalized spacial score (nSPS) is 33.7. The number of carbonyl (C=O) groups is 2. The number of carbonyl (C=O) groups excluding carboxylic acids is 1. The highest BCUT2D eigenvalue weighted by atomic mass is 16.5. The van der Waals surface area contributed by atoms with Gasteiger partial charge in [0, 0.05) is 0 Å². The van der Waals surface area contributed by atoms with Crippen LogP contribution in [0, 0.1) is 16.7 Å². The molecule has 1 saturated carbocycles. The van der Waals surface area contributed by atoms with Gasteiger partial charge >= 0.3 is 11.9 Å². The molecule has 0 amide bonds. The molecular formula is C11H18O4. The number of aliphatic carboxylic acids is 1. The second-order valence-corrected chi connectivity index (χ2v) is 4.97. The second-order valence-electron chi connectivity index (χ2n) is 4.97. The minimum atomic E-state index is -0.826. The van der Waals surface area contributed by atoms with Gasteiger partial charge in [-0.2, -0.15) is 0 Å². The number of ether oxygens (including phenoxy) is 1. The molecule has 0 aromatic rings. The summed E-state index contributed by atoms with van der Waals surface area (Å²) in [5.74, 6) is -1.61. The van der Waals surface area contributed by atoms with Gasteiger partial charge in [-0.15, -0.1) is 0 Å². The lowest BCUT2D eigenvalue weighted by molar-refractivity contribution is -0.160. The molecule has 86 valence electrons. The number of methoxy groups -OCH3 is 1. The van der Waals surface area contributed by atoms with E-state index in [1.165, 1.54) is 7.11 Å². The Labute approximate surface area is 89.6 Å². The van der Waals surface area contributed by atoms with Crippen LogP contribution in [0.5, 0.6) is 0 Å². The first-order valence-corrected chi connectivity index (χ1v) is 5.08. The van der Waals surface area contributed by atoms with Crippen molar-refractivity contribution in [3.8, 4) is 0 Å². The highest BCUT2D eigenvalue weighted by Gasteiger charge is 2.58. The summed E-state index contributed by atoms with van der Waals surface area (Å²) in [5.41, 5.74) is -1.25. The fraction of sp³-hybridized carbons (Fsp3) is 0.818. The molecule has 4 heteroatoms. The first-order chi connectivity index (χ1) is 6.77. The SMILES string of the molecule is COC(=O)[C@@]1(C)CC[C@H](C(=O)O)C1(C)C. The van der Waals surface area contributed by atoms with E-state index < -0.39 is 22.7 Å². The van der Waals surface area contributed by atoms with Crippen molar-refractivity contribution in [3.63, 3.8) is 0 Å². The van der Waals surface area contributed by atoms with Crippen molar-refractivity contribution in [2.45, 2.75) is 33.6 Å². The molecule has 1 aliphatic rings. The molecule has 0 radical (unpaired) electrons.